The van der Waals surface area contributed by atoms with Crippen molar-refractivity contribution in [1.29, 1.82) is 0 Å². The van der Waals surface area contributed by atoms with E-state index in [4.69, 9.17) is 8.37 Å². The van der Waals surface area contributed by atoms with Gasteiger partial charge in [-0.15, -0.1) is 0 Å². The monoisotopic (exact) mass is 428 g/mol. The highest BCUT2D eigenvalue weighted by Gasteiger charge is 2.41. The topological polar surface area (TPSA) is 52.6 Å². The molecular weight excluding hydrogens is 391 g/mol. The quantitative estimate of drug-likeness (QED) is 0.578. The van der Waals surface area contributed by atoms with Crippen LogP contribution in [-0.4, -0.2) is 31.9 Å². The van der Waals surface area contributed by atoms with E-state index in [2.05, 4.69) is 58.0 Å². The van der Waals surface area contributed by atoms with Gasteiger partial charge in [-0.1, -0.05) is 79.8 Å². The average molecular weight is 429 g/mol. The van der Waals surface area contributed by atoms with Gasteiger partial charge in [0.15, 0.2) is 0 Å². The molecule has 1 aromatic carbocycles. The molecule has 0 saturated carbocycles. The molecule has 2 fully saturated rings. The number of rotatable bonds is 1. The third kappa shape index (κ3) is 5.36. The van der Waals surface area contributed by atoms with Crippen LogP contribution in [0.5, 0.6) is 0 Å². The fourth-order valence-electron chi connectivity index (χ4n) is 4.25. The Morgan fingerprint density at radius 3 is 1.46 bits per heavy atom. The SMILES string of the molecule is C[C@H]1[C@H](C)[C@@H](C)OS(=O)(=O)O[C@@H]1C.C[C@H]1[C@H](C)[C@H](C)P(c2ccccc2)[C@H]1C. The first kappa shape index (κ1) is 23.8. The second kappa shape index (κ2) is 9.55. The summed E-state index contributed by atoms with van der Waals surface area (Å²) in [6.45, 7) is 17.2. The highest BCUT2D eigenvalue weighted by molar-refractivity contribution is 7.81. The molecule has 28 heavy (non-hydrogen) atoms. The number of hydrogen-bond donors (Lipinski definition) is 0. The zero-order valence-corrected chi connectivity index (χ0v) is 20.2. The minimum Gasteiger partial charge on any atom is -0.245 e. The van der Waals surface area contributed by atoms with Crippen molar-refractivity contribution in [3.63, 3.8) is 0 Å². The lowest BCUT2D eigenvalue weighted by Crippen LogP contribution is -2.26. The minimum absolute atomic E-state index is 0.0586. The molecule has 3 rings (SSSR count). The number of benzene rings is 1. The van der Waals surface area contributed by atoms with Crippen molar-refractivity contribution in [1.82, 2.24) is 0 Å². The standard InChI is InChI=1S/C14H21P.C8H16O4S/c1-10-11(2)13(4)15(12(10)3)14-8-6-5-7-9-14;1-5-6(2)8(4)12-13(9,10)11-7(5)3/h5-13H,1-4H3;5-8H,1-4H3/t10-,11-,12-,13-;5-,6-,7+,8+/m00/s1. The second-order valence-corrected chi connectivity index (χ2v) is 12.8. The summed E-state index contributed by atoms with van der Waals surface area (Å²) in [5.74, 6) is 2.11. The summed E-state index contributed by atoms with van der Waals surface area (Å²) < 4.78 is 31.9. The van der Waals surface area contributed by atoms with E-state index in [1.807, 2.05) is 13.8 Å². The normalized spacial score (nSPS) is 42.9. The van der Waals surface area contributed by atoms with Gasteiger partial charge in [-0.05, 0) is 54.1 Å². The zero-order valence-electron chi connectivity index (χ0n) is 18.5. The fraction of sp³-hybridized carbons (Fsp3) is 0.727. The van der Waals surface area contributed by atoms with E-state index < -0.39 is 10.4 Å². The van der Waals surface area contributed by atoms with Gasteiger partial charge < -0.3 is 0 Å². The second-order valence-electron chi connectivity index (χ2n) is 8.67. The first-order valence-electron chi connectivity index (χ1n) is 10.4. The third-order valence-electron chi connectivity index (χ3n) is 7.13. The molecule has 6 heteroatoms. The molecule has 4 nitrogen and oxygen atoms in total. The Morgan fingerprint density at radius 2 is 1.07 bits per heavy atom. The first-order valence-corrected chi connectivity index (χ1v) is 13.2. The maximum absolute atomic E-state index is 11.1. The molecule has 2 aliphatic rings. The Morgan fingerprint density at radius 1 is 0.679 bits per heavy atom. The highest BCUT2D eigenvalue weighted by Crippen LogP contribution is 2.59. The Bertz CT molecular complexity index is 687. The summed E-state index contributed by atoms with van der Waals surface area (Å²) in [6.07, 6.45) is -0.630. The molecule has 0 radical (unpaired) electrons. The van der Waals surface area contributed by atoms with Crippen LogP contribution in [0.4, 0.5) is 0 Å². The molecule has 0 bridgehead atoms. The predicted molar refractivity (Wildman–Crippen MR) is 119 cm³/mol. The molecule has 0 aliphatic carbocycles. The molecule has 160 valence electrons. The molecule has 1 aromatic rings. The van der Waals surface area contributed by atoms with Crippen LogP contribution in [0.2, 0.25) is 0 Å². The molecular formula is C22H37O4PS. The zero-order chi connectivity index (χ0) is 21.2. The highest BCUT2D eigenvalue weighted by atomic mass is 32.3. The van der Waals surface area contributed by atoms with Crippen LogP contribution in [0.3, 0.4) is 0 Å². The fourth-order valence-corrected chi connectivity index (χ4v) is 9.15. The summed E-state index contributed by atoms with van der Waals surface area (Å²) in [4.78, 5) is 0. The van der Waals surface area contributed by atoms with Gasteiger partial charge in [0.1, 0.15) is 0 Å². The van der Waals surface area contributed by atoms with Crippen LogP contribution in [0, 0.1) is 23.7 Å². The average Bonchev–Trinajstić information content (AvgIpc) is 2.79. The van der Waals surface area contributed by atoms with Crippen molar-refractivity contribution in [3.8, 4) is 0 Å². The van der Waals surface area contributed by atoms with Crippen LogP contribution in [0.15, 0.2) is 30.3 Å². The van der Waals surface area contributed by atoms with Gasteiger partial charge in [0.25, 0.3) is 0 Å². The molecule has 0 N–H and O–H groups in total. The number of hydrogen-bond acceptors (Lipinski definition) is 4. The smallest absolute Gasteiger partial charge is 0.245 e. The summed E-state index contributed by atoms with van der Waals surface area (Å²) in [7, 11) is -3.72. The molecule has 2 aliphatic heterocycles. The van der Waals surface area contributed by atoms with Gasteiger partial charge in [-0.3, -0.25) is 0 Å². The van der Waals surface area contributed by atoms with Crippen molar-refractivity contribution in [2.75, 3.05) is 0 Å². The van der Waals surface area contributed by atoms with Gasteiger partial charge >= 0.3 is 10.4 Å². The van der Waals surface area contributed by atoms with Crippen molar-refractivity contribution in [3.05, 3.63) is 30.3 Å². The summed E-state index contributed by atoms with van der Waals surface area (Å²) >= 11 is 0. The largest absolute Gasteiger partial charge is 0.400 e. The van der Waals surface area contributed by atoms with E-state index in [1.54, 1.807) is 19.2 Å². The molecule has 0 amide bonds. The predicted octanol–water partition coefficient (Wildman–Crippen LogP) is 5.18. The maximum atomic E-state index is 11.1. The van der Waals surface area contributed by atoms with Crippen molar-refractivity contribution in [2.24, 2.45) is 23.7 Å². The van der Waals surface area contributed by atoms with Crippen LogP contribution < -0.4 is 5.30 Å². The van der Waals surface area contributed by atoms with Gasteiger partial charge in [-0.2, -0.15) is 8.42 Å². The van der Waals surface area contributed by atoms with Crippen molar-refractivity contribution in [2.45, 2.75) is 78.9 Å². The molecule has 0 spiro atoms. The van der Waals surface area contributed by atoms with E-state index in [-0.39, 0.29) is 32.0 Å². The molecule has 0 aromatic heterocycles. The van der Waals surface area contributed by atoms with Crippen LogP contribution in [0.1, 0.15) is 55.4 Å². The van der Waals surface area contributed by atoms with Crippen LogP contribution in [-0.2, 0) is 18.8 Å². The molecule has 2 heterocycles. The lowest BCUT2D eigenvalue weighted by molar-refractivity contribution is 0.131. The molecule has 8 atom stereocenters. The Labute approximate surface area is 173 Å². The summed E-state index contributed by atoms with van der Waals surface area (Å²) in [6, 6.07) is 11.1. The van der Waals surface area contributed by atoms with E-state index in [1.165, 1.54) is 0 Å². The van der Waals surface area contributed by atoms with Gasteiger partial charge in [0, 0.05) is 0 Å². The van der Waals surface area contributed by atoms with Crippen molar-refractivity contribution < 1.29 is 16.8 Å². The first-order chi connectivity index (χ1) is 13.0. The third-order valence-corrected chi connectivity index (χ3v) is 11.8. The minimum atomic E-state index is -3.78. The Balaban J connectivity index is 0.000000203. The van der Waals surface area contributed by atoms with Crippen molar-refractivity contribution >= 4 is 23.6 Å². The Hall–Kier alpha value is -0.480. The van der Waals surface area contributed by atoms with Gasteiger partial charge in [0.05, 0.1) is 12.2 Å². The van der Waals surface area contributed by atoms with Crippen LogP contribution in [0.25, 0.3) is 0 Å². The van der Waals surface area contributed by atoms with E-state index in [0.717, 1.165) is 23.2 Å². The van der Waals surface area contributed by atoms with Gasteiger partial charge in [0.2, 0.25) is 0 Å². The van der Waals surface area contributed by atoms with E-state index >= 15 is 0 Å². The summed E-state index contributed by atoms with van der Waals surface area (Å²) in [5, 5.41) is 1.60. The Kier molecular flexibility index (Phi) is 8.12. The van der Waals surface area contributed by atoms with Gasteiger partial charge in [-0.25, -0.2) is 8.37 Å². The van der Waals surface area contributed by atoms with Crippen LogP contribution >= 0.6 is 7.92 Å². The molecule has 0 unspecified atom stereocenters. The lowest BCUT2D eigenvalue weighted by atomic mass is 9.88. The van der Waals surface area contributed by atoms with E-state index in [0.29, 0.717) is 0 Å². The lowest BCUT2D eigenvalue weighted by Gasteiger charge is -2.22. The van der Waals surface area contributed by atoms with E-state index in [9.17, 15) is 8.42 Å². The maximum Gasteiger partial charge on any atom is 0.400 e. The summed E-state index contributed by atoms with van der Waals surface area (Å²) in [5.41, 5.74) is 1.76. The molecule has 2 saturated heterocycles.